The second kappa shape index (κ2) is 10.7. The smallest absolute Gasteiger partial charge is 0.480 e. The van der Waals surface area contributed by atoms with Gasteiger partial charge in [-0.05, 0) is 68.4 Å². The van der Waals surface area contributed by atoms with Gasteiger partial charge in [-0.1, -0.05) is 5.59 Å². The van der Waals surface area contributed by atoms with Gasteiger partial charge in [-0.15, -0.1) is 0 Å². The zero-order valence-electron chi connectivity index (χ0n) is 13.7. The van der Waals surface area contributed by atoms with Crippen LogP contribution in [0.25, 0.3) is 0 Å². The Morgan fingerprint density at radius 2 is 1.72 bits per heavy atom. The van der Waals surface area contributed by atoms with Crippen LogP contribution in [0.2, 0.25) is 0 Å². The van der Waals surface area contributed by atoms with Crippen molar-refractivity contribution in [2.24, 2.45) is 0 Å². The first kappa shape index (κ1) is 23.8. The first-order valence-electron chi connectivity index (χ1n) is 6.97. The minimum Gasteiger partial charge on any atom is -0.480 e. The molecule has 1 unspecified atom stereocenters. The number of amides is 1. The molecule has 0 rings (SSSR count). The SMILES string of the molecule is CC(C)(C)OC(=O)NC(CCCNNOC(=O)OC(Cl)(Cl)Cl)C(=O)O. The molecule has 0 aliphatic carbocycles. The predicted octanol–water partition coefficient (Wildman–Crippen LogP) is 2.23. The lowest BCUT2D eigenvalue weighted by Gasteiger charge is -2.22. The summed E-state index contributed by atoms with van der Waals surface area (Å²) >= 11 is 15.6. The van der Waals surface area contributed by atoms with Gasteiger partial charge in [0.15, 0.2) is 0 Å². The van der Waals surface area contributed by atoms with Crippen molar-refractivity contribution in [3.05, 3.63) is 0 Å². The molecule has 0 aliphatic heterocycles. The largest absolute Gasteiger partial charge is 0.532 e. The van der Waals surface area contributed by atoms with Crippen molar-refractivity contribution in [1.82, 2.24) is 16.3 Å². The number of rotatable bonds is 8. The van der Waals surface area contributed by atoms with Gasteiger partial charge in [0.25, 0.3) is 0 Å². The van der Waals surface area contributed by atoms with Gasteiger partial charge >= 0.3 is 22.2 Å². The molecule has 1 atom stereocenters. The van der Waals surface area contributed by atoms with Crippen LogP contribution >= 0.6 is 34.8 Å². The van der Waals surface area contributed by atoms with Gasteiger partial charge in [-0.25, -0.2) is 19.8 Å². The second-order valence-corrected chi connectivity index (χ2v) is 7.79. The molecule has 0 aliphatic rings. The van der Waals surface area contributed by atoms with E-state index >= 15 is 0 Å². The van der Waals surface area contributed by atoms with Crippen LogP contribution in [0.5, 0.6) is 0 Å². The standard InChI is InChI=1S/C12H20Cl3N3O7/c1-11(2,3)23-9(21)17-7(8(19)20)5-4-6-16-18-25-10(22)24-12(13,14)15/h7,16,18H,4-6H2,1-3H3,(H,17,21)(H,19,20). The van der Waals surface area contributed by atoms with Gasteiger partial charge in [-0.2, -0.15) is 0 Å². The molecule has 13 heteroatoms. The Hall–Kier alpha value is -1.20. The number of carbonyl (C=O) groups is 3. The maximum Gasteiger partial charge on any atom is 0.532 e. The van der Waals surface area contributed by atoms with Gasteiger partial charge in [0.2, 0.25) is 0 Å². The van der Waals surface area contributed by atoms with Crippen molar-refractivity contribution in [1.29, 1.82) is 0 Å². The topological polar surface area (TPSA) is 135 Å². The van der Waals surface area contributed by atoms with Crippen LogP contribution in [0, 0.1) is 0 Å². The highest BCUT2D eigenvalue weighted by Gasteiger charge is 2.26. The molecule has 0 heterocycles. The highest BCUT2D eigenvalue weighted by Crippen LogP contribution is 2.27. The monoisotopic (exact) mass is 423 g/mol. The number of alkyl carbamates (subject to hydrolysis) is 1. The molecule has 0 spiro atoms. The Morgan fingerprint density at radius 3 is 2.20 bits per heavy atom. The average molecular weight is 425 g/mol. The fourth-order valence-corrected chi connectivity index (χ4v) is 1.53. The second-order valence-electron chi connectivity index (χ2n) is 5.61. The number of hydrazine groups is 1. The molecule has 0 aromatic carbocycles. The Bertz CT molecular complexity index is 466. The van der Waals surface area contributed by atoms with Crippen LogP contribution in [0.3, 0.4) is 0 Å². The van der Waals surface area contributed by atoms with Crippen molar-refractivity contribution in [3.8, 4) is 0 Å². The first-order valence-corrected chi connectivity index (χ1v) is 8.10. The number of ether oxygens (including phenoxy) is 2. The van der Waals surface area contributed by atoms with E-state index in [0.717, 1.165) is 0 Å². The van der Waals surface area contributed by atoms with E-state index in [1.165, 1.54) is 0 Å². The fraction of sp³-hybridized carbons (Fsp3) is 0.750. The molecule has 25 heavy (non-hydrogen) atoms. The summed E-state index contributed by atoms with van der Waals surface area (Å²) in [7, 11) is 0. The number of carboxylic acid groups (broad SMARTS) is 1. The molecule has 146 valence electrons. The fourth-order valence-electron chi connectivity index (χ4n) is 1.35. The number of carboxylic acids is 1. The van der Waals surface area contributed by atoms with E-state index in [1.54, 1.807) is 20.8 Å². The van der Waals surface area contributed by atoms with Crippen molar-refractivity contribution >= 4 is 53.0 Å². The molecular weight excluding hydrogens is 405 g/mol. The first-order chi connectivity index (χ1) is 11.3. The lowest BCUT2D eigenvalue weighted by molar-refractivity contribution is -0.139. The highest BCUT2D eigenvalue weighted by molar-refractivity contribution is 6.66. The highest BCUT2D eigenvalue weighted by atomic mass is 35.6. The minimum absolute atomic E-state index is 0.0991. The van der Waals surface area contributed by atoms with Crippen LogP contribution in [0.4, 0.5) is 9.59 Å². The van der Waals surface area contributed by atoms with E-state index in [1.807, 2.05) is 5.59 Å². The third-order valence-electron chi connectivity index (χ3n) is 2.19. The Balaban J connectivity index is 4.00. The third kappa shape index (κ3) is 14.8. The van der Waals surface area contributed by atoms with Gasteiger partial charge in [0, 0.05) is 6.54 Å². The molecule has 1 amide bonds. The normalized spacial score (nSPS) is 12.9. The molecule has 0 bridgehead atoms. The molecule has 0 saturated carbocycles. The van der Waals surface area contributed by atoms with Crippen LogP contribution in [0.15, 0.2) is 0 Å². The minimum atomic E-state index is -2.25. The lowest BCUT2D eigenvalue weighted by Crippen LogP contribution is -2.44. The van der Waals surface area contributed by atoms with Crippen molar-refractivity contribution in [2.75, 3.05) is 6.54 Å². The molecule has 0 radical (unpaired) electrons. The molecule has 0 fully saturated rings. The van der Waals surface area contributed by atoms with Crippen molar-refractivity contribution in [2.45, 2.75) is 49.2 Å². The van der Waals surface area contributed by atoms with Gasteiger partial charge in [0.1, 0.15) is 11.6 Å². The van der Waals surface area contributed by atoms with Crippen LogP contribution < -0.4 is 16.3 Å². The Labute approximate surface area is 159 Å². The molecule has 10 nitrogen and oxygen atoms in total. The summed E-state index contributed by atoms with van der Waals surface area (Å²) in [4.78, 5) is 38.0. The van der Waals surface area contributed by atoms with Gasteiger partial charge in [0.05, 0.1) is 0 Å². The van der Waals surface area contributed by atoms with Crippen molar-refractivity contribution < 1.29 is 33.8 Å². The van der Waals surface area contributed by atoms with Crippen LogP contribution in [-0.4, -0.2) is 45.5 Å². The molecule has 4 N–H and O–H groups in total. The number of alkyl halides is 3. The van der Waals surface area contributed by atoms with Crippen LogP contribution in [0.1, 0.15) is 33.6 Å². The summed E-state index contributed by atoms with van der Waals surface area (Å²) in [6.07, 6.45) is -1.71. The maximum absolute atomic E-state index is 11.6. The van der Waals surface area contributed by atoms with Gasteiger partial charge < -0.3 is 24.7 Å². The van der Waals surface area contributed by atoms with E-state index in [2.05, 4.69) is 20.3 Å². The summed E-state index contributed by atoms with van der Waals surface area (Å²) < 4.78 is 6.93. The number of aliphatic carboxylic acids is 1. The number of hydrogen-bond donors (Lipinski definition) is 4. The van der Waals surface area contributed by atoms with E-state index in [0.29, 0.717) is 6.42 Å². The number of nitrogens with one attached hydrogen (secondary N) is 3. The van der Waals surface area contributed by atoms with Gasteiger partial charge in [-0.3, -0.25) is 0 Å². The maximum atomic E-state index is 11.6. The van der Waals surface area contributed by atoms with E-state index < -0.39 is 33.8 Å². The molecule has 0 aromatic rings. The van der Waals surface area contributed by atoms with E-state index in [-0.39, 0.29) is 13.0 Å². The summed E-state index contributed by atoms with van der Waals surface area (Å²) in [5.41, 5.74) is 3.73. The molecule has 0 saturated heterocycles. The number of carbonyl (C=O) groups excluding carboxylic acids is 2. The third-order valence-corrected chi connectivity index (χ3v) is 2.42. The Morgan fingerprint density at radius 1 is 1.12 bits per heavy atom. The Kier molecular flexibility index (Phi) is 10.2. The summed E-state index contributed by atoms with van der Waals surface area (Å²) in [6.45, 7) is 5.17. The zero-order chi connectivity index (χ0) is 19.7. The van der Waals surface area contributed by atoms with E-state index in [9.17, 15) is 14.4 Å². The van der Waals surface area contributed by atoms with Crippen molar-refractivity contribution in [3.63, 3.8) is 0 Å². The lowest BCUT2D eigenvalue weighted by atomic mass is 10.1. The molecular formula is C12H20Cl3N3O7. The van der Waals surface area contributed by atoms with E-state index in [4.69, 9.17) is 44.6 Å². The van der Waals surface area contributed by atoms with Crippen LogP contribution in [-0.2, 0) is 19.1 Å². The zero-order valence-corrected chi connectivity index (χ0v) is 16.0. The molecule has 0 aromatic heterocycles. The number of halogens is 3. The number of hydrogen-bond acceptors (Lipinski definition) is 8. The summed E-state index contributed by atoms with van der Waals surface area (Å²) in [5, 5.41) is 11.3. The summed E-state index contributed by atoms with van der Waals surface area (Å²) in [6, 6.07) is -1.13. The predicted molar refractivity (Wildman–Crippen MR) is 89.0 cm³/mol. The quantitative estimate of drug-likeness (QED) is 0.200. The summed E-state index contributed by atoms with van der Waals surface area (Å²) in [5.74, 6) is -1.21. The average Bonchev–Trinajstić information content (AvgIpc) is 2.36.